The fraction of sp³-hybridized carbons (Fsp3) is 0.483. The second-order valence-corrected chi connectivity index (χ2v) is 9.49. The first-order valence-corrected chi connectivity index (χ1v) is 13.5. The van der Waals surface area contributed by atoms with Crippen LogP contribution in [0.5, 0.6) is 0 Å². The Kier molecular flexibility index (Phi) is 14.5. The highest BCUT2D eigenvalue weighted by atomic mass is 17.2. The minimum absolute atomic E-state index is 0.0748. The molecule has 9 nitrogen and oxygen atoms in total. The highest BCUT2D eigenvalue weighted by molar-refractivity contribution is 6.31. The van der Waals surface area contributed by atoms with Crippen LogP contribution < -0.4 is 10.8 Å². The molecule has 0 saturated carbocycles. The number of aliphatic carboxylic acids is 1. The molecular formula is C29H41N3O6. The molecule has 4 N–H and O–H groups in total. The third-order valence-electron chi connectivity index (χ3n) is 6.37. The summed E-state index contributed by atoms with van der Waals surface area (Å²) in [4.78, 5) is 41.2. The van der Waals surface area contributed by atoms with Crippen molar-refractivity contribution in [2.24, 2.45) is 0 Å². The normalized spacial score (nSPS) is 10.7. The zero-order valence-corrected chi connectivity index (χ0v) is 22.3. The Morgan fingerprint density at radius 1 is 0.763 bits per heavy atom. The number of carboxylic acids is 1. The summed E-state index contributed by atoms with van der Waals surface area (Å²) in [5.74, 6) is -2.71. The van der Waals surface area contributed by atoms with Crippen LogP contribution >= 0.6 is 0 Å². The van der Waals surface area contributed by atoms with E-state index in [1.165, 1.54) is 56.3 Å². The summed E-state index contributed by atoms with van der Waals surface area (Å²) in [7, 11) is 0. The summed E-state index contributed by atoms with van der Waals surface area (Å²) in [6.07, 6.45) is 12.4. The van der Waals surface area contributed by atoms with E-state index >= 15 is 0 Å². The maximum atomic E-state index is 12.5. The van der Waals surface area contributed by atoms with E-state index in [1.807, 2.05) is 0 Å². The number of amides is 2. The Hall–Kier alpha value is -3.43. The van der Waals surface area contributed by atoms with Crippen LogP contribution in [-0.4, -0.2) is 39.6 Å². The summed E-state index contributed by atoms with van der Waals surface area (Å²) in [5.41, 5.74) is 4.69. The van der Waals surface area contributed by atoms with Crippen LogP contribution in [0.25, 0.3) is 0 Å². The molecule has 0 heterocycles. The number of anilines is 1. The first-order chi connectivity index (χ1) is 18.4. The summed E-state index contributed by atoms with van der Waals surface area (Å²) in [6.45, 7) is 3.02. The largest absolute Gasteiger partial charge is 0.474 e. The van der Waals surface area contributed by atoms with Crippen LogP contribution in [0.15, 0.2) is 48.5 Å². The molecular weight excluding hydrogens is 486 g/mol. The van der Waals surface area contributed by atoms with Crippen molar-refractivity contribution >= 4 is 23.5 Å². The Labute approximate surface area is 225 Å². The molecule has 0 aromatic heterocycles. The van der Waals surface area contributed by atoms with Crippen LogP contribution in [0.1, 0.15) is 92.6 Å². The number of unbranched alkanes of at least 4 members (excludes halogenated alkanes) is 9. The van der Waals surface area contributed by atoms with Gasteiger partial charge in [-0.1, -0.05) is 89.0 Å². The maximum absolute atomic E-state index is 12.5. The molecule has 0 fully saturated rings. The Morgan fingerprint density at radius 2 is 1.26 bits per heavy atom. The third-order valence-corrected chi connectivity index (χ3v) is 6.37. The summed E-state index contributed by atoms with van der Waals surface area (Å²) < 4.78 is 0. The van der Waals surface area contributed by atoms with Crippen LogP contribution in [0, 0.1) is 0 Å². The maximum Gasteiger partial charge on any atom is 0.394 e. The van der Waals surface area contributed by atoms with E-state index in [9.17, 15) is 19.5 Å². The second-order valence-electron chi connectivity index (χ2n) is 9.49. The van der Waals surface area contributed by atoms with Crippen molar-refractivity contribution in [1.29, 1.82) is 0 Å². The molecule has 0 aliphatic heterocycles. The van der Waals surface area contributed by atoms with E-state index < -0.39 is 11.9 Å². The number of benzene rings is 2. The molecule has 2 aromatic carbocycles. The molecule has 208 valence electrons. The first kappa shape index (κ1) is 30.8. The second kappa shape index (κ2) is 17.9. The van der Waals surface area contributed by atoms with Gasteiger partial charge in [0.05, 0.1) is 5.69 Å². The van der Waals surface area contributed by atoms with Crippen molar-refractivity contribution in [3.63, 3.8) is 0 Å². The molecule has 2 amide bonds. The molecule has 0 unspecified atom stereocenters. The van der Waals surface area contributed by atoms with Gasteiger partial charge in [0.1, 0.15) is 0 Å². The average Bonchev–Trinajstić information content (AvgIpc) is 2.92. The quantitative estimate of drug-likeness (QED) is 0.0839. The molecule has 0 spiro atoms. The molecule has 38 heavy (non-hydrogen) atoms. The van der Waals surface area contributed by atoms with E-state index in [0.29, 0.717) is 28.9 Å². The molecule has 0 atom stereocenters. The van der Waals surface area contributed by atoms with Gasteiger partial charge in [-0.05, 0) is 41.8 Å². The molecule has 2 aromatic rings. The van der Waals surface area contributed by atoms with Crippen molar-refractivity contribution < 1.29 is 29.7 Å². The average molecular weight is 528 g/mol. The van der Waals surface area contributed by atoms with Gasteiger partial charge in [-0.2, -0.15) is 0 Å². The number of rotatable bonds is 18. The summed E-state index contributed by atoms with van der Waals surface area (Å²) in [5, 5.41) is 20.6. The van der Waals surface area contributed by atoms with Gasteiger partial charge in [-0.3, -0.25) is 9.59 Å². The van der Waals surface area contributed by atoms with Crippen LogP contribution in [-0.2, 0) is 27.7 Å². The summed E-state index contributed by atoms with van der Waals surface area (Å²) >= 11 is 0. The van der Waals surface area contributed by atoms with Crippen LogP contribution in [0.4, 0.5) is 5.69 Å². The van der Waals surface area contributed by atoms with Crippen molar-refractivity contribution in [3.8, 4) is 0 Å². The fourth-order valence-corrected chi connectivity index (χ4v) is 4.18. The minimum Gasteiger partial charge on any atom is -0.474 e. The molecule has 0 radical (unpaired) electrons. The molecule has 0 aliphatic rings. The smallest absolute Gasteiger partial charge is 0.394 e. The van der Waals surface area contributed by atoms with Gasteiger partial charge in [0.15, 0.2) is 0 Å². The molecule has 2 rings (SSSR count). The fourth-order valence-electron chi connectivity index (χ4n) is 4.18. The predicted molar refractivity (Wildman–Crippen MR) is 146 cm³/mol. The lowest BCUT2D eigenvalue weighted by Crippen LogP contribution is -2.35. The summed E-state index contributed by atoms with van der Waals surface area (Å²) in [6, 6.07) is 13.4. The Morgan fingerprint density at radius 3 is 1.76 bits per heavy atom. The minimum atomic E-state index is -1.54. The van der Waals surface area contributed by atoms with Gasteiger partial charge in [0.2, 0.25) is 0 Å². The number of carboxylic acid groups (broad SMARTS) is 1. The zero-order valence-electron chi connectivity index (χ0n) is 22.3. The van der Waals surface area contributed by atoms with Crippen molar-refractivity contribution in [3.05, 3.63) is 65.2 Å². The van der Waals surface area contributed by atoms with E-state index in [0.717, 1.165) is 12.8 Å². The third kappa shape index (κ3) is 11.7. The zero-order chi connectivity index (χ0) is 27.6. The lowest BCUT2D eigenvalue weighted by molar-refractivity contribution is -0.215. The van der Waals surface area contributed by atoms with Gasteiger partial charge in [-0.25, -0.2) is 15.5 Å². The van der Waals surface area contributed by atoms with Crippen molar-refractivity contribution in [2.45, 2.75) is 84.2 Å². The standard InChI is InChI=1S/C29H41N3O6/c1-2-3-4-5-6-7-8-9-10-11-20-30-27(33)25-16-12-23(13-17-25)21-32(28(34)29(35)36)22-24-14-18-26(19-15-24)31-38-37/h12-19,31,37H,2-11,20-22H2,1H3,(H,30,33)(H,35,36). The van der Waals surface area contributed by atoms with Crippen LogP contribution in [0.3, 0.4) is 0 Å². The number of carbonyl (C=O) groups excluding carboxylic acids is 2. The lowest BCUT2D eigenvalue weighted by Gasteiger charge is -2.21. The monoisotopic (exact) mass is 527 g/mol. The highest BCUT2D eigenvalue weighted by Crippen LogP contribution is 2.15. The van der Waals surface area contributed by atoms with Crippen LogP contribution in [0.2, 0.25) is 0 Å². The van der Waals surface area contributed by atoms with Crippen molar-refractivity contribution in [2.75, 3.05) is 12.0 Å². The van der Waals surface area contributed by atoms with Gasteiger partial charge >= 0.3 is 11.9 Å². The topological polar surface area (TPSA) is 128 Å². The lowest BCUT2D eigenvalue weighted by atomic mass is 10.1. The van der Waals surface area contributed by atoms with E-state index in [1.54, 1.807) is 48.5 Å². The van der Waals surface area contributed by atoms with Gasteiger partial charge < -0.3 is 15.3 Å². The highest BCUT2D eigenvalue weighted by Gasteiger charge is 2.21. The SMILES string of the molecule is CCCCCCCCCCCCNC(=O)c1ccc(CN(Cc2ccc(NOO)cc2)C(=O)C(=O)O)cc1. The van der Waals surface area contributed by atoms with Gasteiger partial charge in [0.25, 0.3) is 5.91 Å². The molecule has 0 aliphatic carbocycles. The Balaban J connectivity index is 1.77. The van der Waals surface area contributed by atoms with Crippen molar-refractivity contribution in [1.82, 2.24) is 10.2 Å². The van der Waals surface area contributed by atoms with Gasteiger partial charge in [-0.15, -0.1) is 4.99 Å². The van der Waals surface area contributed by atoms with E-state index in [-0.39, 0.29) is 19.0 Å². The van der Waals surface area contributed by atoms with Gasteiger partial charge in [0, 0.05) is 25.2 Å². The molecule has 0 bridgehead atoms. The number of hydrogen-bond donors (Lipinski definition) is 4. The predicted octanol–water partition coefficient (Wildman–Crippen LogP) is 5.77. The molecule has 9 heteroatoms. The Bertz CT molecular complexity index is 979. The number of nitrogens with one attached hydrogen (secondary N) is 2. The number of carbonyl (C=O) groups is 3. The van der Waals surface area contributed by atoms with E-state index in [2.05, 4.69) is 22.7 Å². The number of hydrogen-bond acceptors (Lipinski definition) is 6. The molecule has 0 saturated heterocycles. The van der Waals surface area contributed by atoms with E-state index in [4.69, 9.17) is 5.26 Å². The first-order valence-electron chi connectivity index (χ1n) is 13.5. The number of nitrogens with zero attached hydrogens (tertiary/aromatic N) is 1.